The van der Waals surface area contributed by atoms with Gasteiger partial charge in [0.05, 0.1) is 0 Å². The summed E-state index contributed by atoms with van der Waals surface area (Å²) < 4.78 is 0. The Kier molecular flexibility index (Phi) is 1.30. The summed E-state index contributed by atoms with van der Waals surface area (Å²) in [6.45, 7) is 5.84. The minimum Gasteiger partial charge on any atom is -0.245 e. The second kappa shape index (κ2) is 1.80. The Labute approximate surface area is 44.7 Å². The minimum absolute atomic E-state index is 1.14. The Morgan fingerprint density at radius 1 is 1.57 bits per heavy atom. The van der Waals surface area contributed by atoms with E-state index >= 15 is 0 Å². The summed E-state index contributed by atoms with van der Waals surface area (Å²) in [6.07, 6.45) is 0. The Balaban J connectivity index is 2.10. The van der Waals surface area contributed by atoms with Crippen LogP contribution in [0.4, 0.5) is 0 Å². The fourth-order valence-corrected chi connectivity index (χ4v) is 0.586. The summed E-state index contributed by atoms with van der Waals surface area (Å²) in [6, 6.07) is 0. The first kappa shape index (κ1) is 5.06. The van der Waals surface area contributed by atoms with Crippen LogP contribution in [0.2, 0.25) is 0 Å². The zero-order chi connectivity index (χ0) is 5.28. The molecule has 7 heavy (non-hydrogen) atoms. The lowest BCUT2D eigenvalue weighted by Crippen LogP contribution is -2.23. The van der Waals surface area contributed by atoms with Gasteiger partial charge >= 0.3 is 0 Å². The zero-order valence-corrected chi connectivity index (χ0v) is 5.02. The molecule has 0 radical (unpaired) electrons. The predicted molar refractivity (Wildman–Crippen MR) is 29.9 cm³/mol. The molecule has 0 aliphatic carbocycles. The topological polar surface area (TPSA) is 6.25 Å². The van der Waals surface area contributed by atoms with Gasteiger partial charge in [0.15, 0.2) is 0 Å². The van der Waals surface area contributed by atoms with Gasteiger partial charge in [0, 0.05) is 26.7 Å². The molecule has 2 nitrogen and oxygen atoms in total. The summed E-state index contributed by atoms with van der Waals surface area (Å²) in [5.41, 5.74) is 0. The van der Waals surface area contributed by atoms with Crippen LogP contribution in [-0.2, 0) is 0 Å². The monoisotopic (exact) mass is 100 g/mol. The van der Waals surface area contributed by atoms with Crippen molar-refractivity contribution in [2.45, 2.75) is 6.92 Å². The average molecular weight is 100 g/mol. The molecule has 0 atom stereocenters. The number of nitrogens with zero attached hydrogens (tertiary/aromatic N) is 2. The lowest BCUT2D eigenvalue weighted by molar-refractivity contribution is 0.135. The normalized spacial score (nSPS) is 21.0. The van der Waals surface area contributed by atoms with E-state index in [2.05, 4.69) is 24.0 Å². The Morgan fingerprint density at radius 3 is 2.29 bits per heavy atom. The second-order valence-corrected chi connectivity index (χ2v) is 1.93. The molecule has 0 aromatic carbocycles. The van der Waals surface area contributed by atoms with Gasteiger partial charge in [0.25, 0.3) is 0 Å². The Hall–Kier alpha value is -0.0800. The molecular formula is C5H12N2. The van der Waals surface area contributed by atoms with Gasteiger partial charge in [-0.3, -0.25) is 0 Å². The van der Waals surface area contributed by atoms with Crippen LogP contribution in [0.5, 0.6) is 0 Å². The molecular weight excluding hydrogens is 88.1 g/mol. The quantitative estimate of drug-likeness (QED) is 0.456. The Morgan fingerprint density at radius 2 is 2.14 bits per heavy atom. The van der Waals surface area contributed by atoms with Crippen molar-refractivity contribution in [2.24, 2.45) is 0 Å². The molecule has 42 valence electrons. The van der Waals surface area contributed by atoms with Gasteiger partial charge in [-0.2, -0.15) is 0 Å². The summed E-state index contributed by atoms with van der Waals surface area (Å²) in [5, 5.41) is 4.54. The van der Waals surface area contributed by atoms with E-state index in [-0.39, 0.29) is 0 Å². The van der Waals surface area contributed by atoms with E-state index in [4.69, 9.17) is 0 Å². The highest BCUT2D eigenvalue weighted by Gasteiger charge is 2.19. The van der Waals surface area contributed by atoms with Crippen molar-refractivity contribution in [3.8, 4) is 0 Å². The van der Waals surface area contributed by atoms with Gasteiger partial charge in [0.1, 0.15) is 0 Å². The van der Waals surface area contributed by atoms with Crippen molar-refractivity contribution in [3.05, 3.63) is 0 Å². The highest BCUT2D eigenvalue weighted by Crippen LogP contribution is 2.04. The minimum atomic E-state index is 1.14. The summed E-state index contributed by atoms with van der Waals surface area (Å²) in [5.74, 6) is 0. The molecule has 1 rings (SSSR count). The van der Waals surface area contributed by atoms with Gasteiger partial charge in [-0.1, -0.05) is 6.92 Å². The van der Waals surface area contributed by atoms with Crippen LogP contribution < -0.4 is 0 Å². The van der Waals surface area contributed by atoms with Crippen molar-refractivity contribution in [1.82, 2.24) is 10.0 Å². The molecule has 1 aliphatic rings. The summed E-state index contributed by atoms with van der Waals surface area (Å²) >= 11 is 0. The van der Waals surface area contributed by atoms with E-state index in [1.165, 1.54) is 13.1 Å². The first-order valence-electron chi connectivity index (χ1n) is 2.80. The third-order valence-electron chi connectivity index (χ3n) is 1.36. The summed E-state index contributed by atoms with van der Waals surface area (Å²) in [4.78, 5) is 0. The molecule has 1 saturated heterocycles. The SMILES string of the molecule is CCN(C)N1CC1. The molecule has 0 aromatic rings. The van der Waals surface area contributed by atoms with Crippen molar-refractivity contribution >= 4 is 0 Å². The molecule has 1 heterocycles. The standard InChI is InChI=1S/C5H12N2/c1-3-6(2)7-4-5-7/h3-5H2,1-2H3. The van der Waals surface area contributed by atoms with Gasteiger partial charge in [0.2, 0.25) is 0 Å². The highest BCUT2D eigenvalue weighted by atomic mass is 15.7. The van der Waals surface area contributed by atoms with Crippen LogP contribution in [0.25, 0.3) is 0 Å². The molecule has 0 aromatic heterocycles. The molecule has 0 bridgehead atoms. The van der Waals surface area contributed by atoms with E-state index in [1.54, 1.807) is 0 Å². The van der Waals surface area contributed by atoms with Gasteiger partial charge in [-0.15, -0.1) is 0 Å². The first-order valence-corrected chi connectivity index (χ1v) is 2.80. The predicted octanol–water partition coefficient (Wildman–Crippen LogP) is 0.169. The number of hydrogen-bond donors (Lipinski definition) is 0. The number of hydrogen-bond acceptors (Lipinski definition) is 2. The maximum absolute atomic E-state index is 2.31. The van der Waals surface area contributed by atoms with Crippen LogP contribution in [0.1, 0.15) is 6.92 Å². The fourth-order valence-electron chi connectivity index (χ4n) is 0.586. The Bertz CT molecular complexity index is 59.1. The molecule has 0 N–H and O–H groups in total. The number of hydrazine groups is 1. The lowest BCUT2D eigenvalue weighted by Gasteiger charge is -2.12. The third-order valence-corrected chi connectivity index (χ3v) is 1.36. The van der Waals surface area contributed by atoms with Crippen molar-refractivity contribution in [1.29, 1.82) is 0 Å². The van der Waals surface area contributed by atoms with E-state index in [0.29, 0.717) is 0 Å². The fraction of sp³-hybridized carbons (Fsp3) is 1.00. The maximum atomic E-state index is 2.31. The molecule has 0 spiro atoms. The van der Waals surface area contributed by atoms with Gasteiger partial charge < -0.3 is 0 Å². The van der Waals surface area contributed by atoms with Crippen molar-refractivity contribution in [3.63, 3.8) is 0 Å². The molecule has 0 saturated carbocycles. The van der Waals surface area contributed by atoms with Crippen molar-refractivity contribution < 1.29 is 0 Å². The van der Waals surface area contributed by atoms with Crippen LogP contribution in [0, 0.1) is 0 Å². The largest absolute Gasteiger partial charge is 0.245 e. The van der Waals surface area contributed by atoms with Gasteiger partial charge in [-0.05, 0) is 0 Å². The summed E-state index contributed by atoms with van der Waals surface area (Å²) in [7, 11) is 2.12. The maximum Gasteiger partial charge on any atom is 0.0275 e. The van der Waals surface area contributed by atoms with Crippen LogP contribution in [0.3, 0.4) is 0 Å². The molecule has 0 unspecified atom stereocenters. The lowest BCUT2D eigenvalue weighted by atomic mass is 10.7. The van der Waals surface area contributed by atoms with Crippen LogP contribution in [0.15, 0.2) is 0 Å². The van der Waals surface area contributed by atoms with Crippen LogP contribution in [-0.4, -0.2) is 36.7 Å². The van der Waals surface area contributed by atoms with Crippen LogP contribution >= 0.6 is 0 Å². The van der Waals surface area contributed by atoms with E-state index in [1.807, 2.05) is 0 Å². The molecule has 1 fully saturated rings. The van der Waals surface area contributed by atoms with Gasteiger partial charge in [-0.25, -0.2) is 10.0 Å². The average Bonchev–Trinajstić information content (AvgIpc) is 2.44. The zero-order valence-electron chi connectivity index (χ0n) is 5.02. The highest BCUT2D eigenvalue weighted by molar-refractivity contribution is 4.66. The van der Waals surface area contributed by atoms with Crippen molar-refractivity contribution in [2.75, 3.05) is 26.7 Å². The van der Waals surface area contributed by atoms with E-state index in [0.717, 1.165) is 6.54 Å². The molecule has 2 heteroatoms. The second-order valence-electron chi connectivity index (χ2n) is 1.93. The smallest absolute Gasteiger partial charge is 0.0275 e. The molecule has 0 amide bonds. The first-order chi connectivity index (χ1) is 3.34. The number of rotatable bonds is 2. The van der Waals surface area contributed by atoms with E-state index < -0.39 is 0 Å². The third kappa shape index (κ3) is 1.14. The van der Waals surface area contributed by atoms with E-state index in [9.17, 15) is 0 Å². The molecule has 1 aliphatic heterocycles.